The minimum atomic E-state index is 0.349. The Balaban J connectivity index is 1.71. The van der Waals surface area contributed by atoms with Crippen LogP contribution in [0.4, 0.5) is 0 Å². The highest BCUT2D eigenvalue weighted by atomic mass is 16.5. The van der Waals surface area contributed by atoms with Crippen molar-refractivity contribution in [2.75, 3.05) is 26.2 Å². The van der Waals surface area contributed by atoms with Crippen molar-refractivity contribution in [2.24, 2.45) is 0 Å². The topological polar surface area (TPSA) is 50.3 Å². The molecule has 1 N–H and O–H groups in total. The number of nitrogens with one attached hydrogen (secondary N) is 1. The van der Waals surface area contributed by atoms with Crippen LogP contribution in [-0.4, -0.2) is 47.2 Å². The van der Waals surface area contributed by atoms with Gasteiger partial charge in [-0.25, -0.2) is 0 Å². The third kappa shape index (κ3) is 7.20. The lowest BCUT2D eigenvalue weighted by atomic mass is 10.1. The predicted octanol–water partition coefficient (Wildman–Crippen LogP) is 2.92. The van der Waals surface area contributed by atoms with E-state index < -0.39 is 0 Å². The average Bonchev–Trinajstić information content (AvgIpc) is 2.65. The molecule has 0 saturated heterocycles. The van der Waals surface area contributed by atoms with Gasteiger partial charge in [-0.15, -0.1) is 0 Å². The molecule has 0 aliphatic rings. The number of hydrogen-bond acceptors (Lipinski definition) is 5. The fraction of sp³-hybridized carbons (Fsp3) is 0.500. The van der Waals surface area contributed by atoms with Crippen molar-refractivity contribution in [3.63, 3.8) is 0 Å². The largest absolute Gasteiger partial charge is 0.492 e. The molecule has 136 valence electrons. The normalized spacial score (nSPS) is 12.3. The molecule has 0 radical (unpaired) electrons. The summed E-state index contributed by atoms with van der Waals surface area (Å²) >= 11 is 0. The molecular weight excluding hydrogens is 312 g/mol. The number of benzene rings is 1. The summed E-state index contributed by atoms with van der Waals surface area (Å²) in [7, 11) is 0. The molecule has 2 rings (SSSR count). The maximum absolute atomic E-state index is 5.82. The van der Waals surface area contributed by atoms with E-state index in [1.807, 2.05) is 18.3 Å². The standard InChI is InChI=1S/C20H30N4O/c1-4-24(5-2)12-13-25-20-8-6-18(7-9-20)15-23-17(3)14-19-16-21-10-11-22-19/h6-11,16-17,23H,4-5,12-15H2,1-3H3. The SMILES string of the molecule is CCN(CC)CCOc1ccc(CNC(C)Cc2cnccn2)cc1. The summed E-state index contributed by atoms with van der Waals surface area (Å²) in [4.78, 5) is 10.8. The minimum Gasteiger partial charge on any atom is -0.492 e. The minimum absolute atomic E-state index is 0.349. The quantitative estimate of drug-likeness (QED) is 0.680. The number of likely N-dealkylation sites (N-methyl/N-ethyl adjacent to an activating group) is 1. The summed E-state index contributed by atoms with van der Waals surface area (Å²) < 4.78 is 5.82. The maximum Gasteiger partial charge on any atom is 0.119 e. The van der Waals surface area contributed by atoms with Crippen LogP contribution in [0.15, 0.2) is 42.9 Å². The Hall–Kier alpha value is -1.98. The number of aromatic nitrogens is 2. The molecule has 0 fully saturated rings. The van der Waals surface area contributed by atoms with Crippen molar-refractivity contribution < 1.29 is 4.74 Å². The van der Waals surface area contributed by atoms with E-state index >= 15 is 0 Å². The fourth-order valence-electron chi connectivity index (χ4n) is 2.65. The van der Waals surface area contributed by atoms with Crippen LogP contribution in [0.1, 0.15) is 32.0 Å². The van der Waals surface area contributed by atoms with Gasteiger partial charge in [-0.05, 0) is 37.7 Å². The van der Waals surface area contributed by atoms with Gasteiger partial charge in [0.15, 0.2) is 0 Å². The molecule has 0 amide bonds. The first-order chi connectivity index (χ1) is 12.2. The molecule has 0 aliphatic heterocycles. The molecule has 1 heterocycles. The van der Waals surface area contributed by atoms with Gasteiger partial charge in [0.25, 0.3) is 0 Å². The maximum atomic E-state index is 5.82. The predicted molar refractivity (Wildman–Crippen MR) is 102 cm³/mol. The van der Waals surface area contributed by atoms with Crippen LogP contribution in [-0.2, 0) is 13.0 Å². The number of hydrogen-bond donors (Lipinski definition) is 1. The van der Waals surface area contributed by atoms with Crippen molar-refractivity contribution in [1.82, 2.24) is 20.2 Å². The van der Waals surface area contributed by atoms with E-state index in [1.54, 1.807) is 12.4 Å². The van der Waals surface area contributed by atoms with Crippen LogP contribution in [0.5, 0.6) is 5.75 Å². The Labute approximate surface area is 151 Å². The van der Waals surface area contributed by atoms with Crippen LogP contribution in [0.2, 0.25) is 0 Å². The monoisotopic (exact) mass is 342 g/mol. The first-order valence-corrected chi connectivity index (χ1v) is 9.13. The molecule has 5 heteroatoms. The molecule has 2 aromatic rings. The van der Waals surface area contributed by atoms with Gasteiger partial charge in [0, 0.05) is 44.1 Å². The Kier molecular flexibility index (Phi) is 8.35. The molecule has 1 aromatic heterocycles. The van der Waals surface area contributed by atoms with Crippen molar-refractivity contribution >= 4 is 0 Å². The highest BCUT2D eigenvalue weighted by Gasteiger charge is 2.05. The summed E-state index contributed by atoms with van der Waals surface area (Å²) in [5, 5.41) is 3.52. The van der Waals surface area contributed by atoms with E-state index in [-0.39, 0.29) is 0 Å². The van der Waals surface area contributed by atoms with Crippen molar-refractivity contribution in [2.45, 2.75) is 39.8 Å². The average molecular weight is 342 g/mol. The number of ether oxygens (including phenoxy) is 1. The van der Waals surface area contributed by atoms with Crippen molar-refractivity contribution in [3.8, 4) is 5.75 Å². The van der Waals surface area contributed by atoms with Crippen molar-refractivity contribution in [1.29, 1.82) is 0 Å². The molecule has 0 saturated carbocycles. The zero-order valence-electron chi connectivity index (χ0n) is 15.6. The lowest BCUT2D eigenvalue weighted by molar-refractivity contribution is 0.223. The van der Waals surface area contributed by atoms with E-state index in [9.17, 15) is 0 Å². The zero-order valence-corrected chi connectivity index (χ0v) is 15.6. The van der Waals surface area contributed by atoms with Gasteiger partial charge in [0.2, 0.25) is 0 Å². The molecule has 0 spiro atoms. The Morgan fingerprint density at radius 1 is 1.12 bits per heavy atom. The molecule has 1 atom stereocenters. The summed E-state index contributed by atoms with van der Waals surface area (Å²) in [5.41, 5.74) is 2.27. The van der Waals surface area contributed by atoms with Crippen molar-refractivity contribution in [3.05, 3.63) is 54.1 Å². The Morgan fingerprint density at radius 3 is 2.52 bits per heavy atom. The second-order valence-corrected chi connectivity index (χ2v) is 6.20. The van der Waals surface area contributed by atoms with E-state index in [4.69, 9.17) is 4.74 Å². The second kappa shape index (κ2) is 10.8. The zero-order chi connectivity index (χ0) is 17.9. The Bertz CT molecular complexity index is 584. The highest BCUT2D eigenvalue weighted by molar-refractivity contribution is 5.27. The Morgan fingerprint density at radius 2 is 1.88 bits per heavy atom. The van der Waals surface area contributed by atoms with E-state index in [0.29, 0.717) is 6.04 Å². The molecule has 5 nitrogen and oxygen atoms in total. The van der Waals surface area contributed by atoms with E-state index in [2.05, 4.69) is 53.1 Å². The molecule has 25 heavy (non-hydrogen) atoms. The molecule has 1 unspecified atom stereocenters. The second-order valence-electron chi connectivity index (χ2n) is 6.20. The molecule has 1 aromatic carbocycles. The summed E-state index contributed by atoms with van der Waals surface area (Å²) in [6, 6.07) is 8.68. The number of nitrogens with zero attached hydrogens (tertiary/aromatic N) is 3. The van der Waals surface area contributed by atoms with Crippen LogP contribution in [0, 0.1) is 0 Å². The van der Waals surface area contributed by atoms with Crippen LogP contribution in [0.3, 0.4) is 0 Å². The number of rotatable bonds is 11. The fourth-order valence-corrected chi connectivity index (χ4v) is 2.65. The van der Waals surface area contributed by atoms with E-state index in [0.717, 1.165) is 50.7 Å². The van der Waals surface area contributed by atoms with Gasteiger partial charge in [-0.2, -0.15) is 0 Å². The van der Waals surface area contributed by atoms with Gasteiger partial charge in [-0.1, -0.05) is 26.0 Å². The van der Waals surface area contributed by atoms with Gasteiger partial charge in [-0.3, -0.25) is 9.97 Å². The van der Waals surface area contributed by atoms with Crippen LogP contribution >= 0.6 is 0 Å². The first-order valence-electron chi connectivity index (χ1n) is 9.13. The molecule has 0 aliphatic carbocycles. The van der Waals surface area contributed by atoms with Gasteiger partial charge < -0.3 is 15.0 Å². The lowest BCUT2D eigenvalue weighted by Gasteiger charge is -2.18. The smallest absolute Gasteiger partial charge is 0.119 e. The summed E-state index contributed by atoms with van der Waals surface area (Å²) in [5.74, 6) is 0.934. The van der Waals surface area contributed by atoms with Crippen LogP contribution < -0.4 is 10.1 Å². The van der Waals surface area contributed by atoms with Gasteiger partial charge >= 0.3 is 0 Å². The first kappa shape index (κ1) is 19.3. The lowest BCUT2D eigenvalue weighted by Crippen LogP contribution is -2.28. The molecule has 0 bridgehead atoms. The third-order valence-corrected chi connectivity index (χ3v) is 4.28. The molecular formula is C20H30N4O. The highest BCUT2D eigenvalue weighted by Crippen LogP contribution is 2.12. The van der Waals surface area contributed by atoms with E-state index in [1.165, 1.54) is 5.56 Å². The summed E-state index contributed by atoms with van der Waals surface area (Å²) in [6.45, 7) is 11.2. The van der Waals surface area contributed by atoms with Gasteiger partial charge in [0.05, 0.1) is 5.69 Å². The summed E-state index contributed by atoms with van der Waals surface area (Å²) in [6.07, 6.45) is 6.14. The third-order valence-electron chi connectivity index (χ3n) is 4.28. The van der Waals surface area contributed by atoms with Crippen LogP contribution in [0.25, 0.3) is 0 Å². The van der Waals surface area contributed by atoms with Gasteiger partial charge in [0.1, 0.15) is 12.4 Å².